The number of hydrogen-bond donors (Lipinski definition) is 1. The lowest BCUT2D eigenvalue weighted by molar-refractivity contribution is 0.0952. The monoisotopic (exact) mass is 270 g/mol. The third kappa shape index (κ3) is 1.75. The summed E-state index contributed by atoms with van der Waals surface area (Å²) in [4.78, 5) is 24.7. The minimum Gasteiger partial charge on any atom is -0.345 e. The van der Waals surface area contributed by atoms with Crippen molar-refractivity contribution in [3.05, 3.63) is 45.7 Å². The summed E-state index contributed by atoms with van der Waals surface area (Å²) in [5.41, 5.74) is 1.86. The van der Waals surface area contributed by atoms with Crippen molar-refractivity contribution in [3.8, 4) is 0 Å². The Morgan fingerprint density at radius 1 is 1.25 bits per heavy atom. The van der Waals surface area contributed by atoms with Gasteiger partial charge in [-0.3, -0.25) is 9.59 Å². The number of nitrogens with one attached hydrogen (secondary N) is 1. The van der Waals surface area contributed by atoms with Gasteiger partial charge in [0.1, 0.15) is 5.56 Å². The van der Waals surface area contributed by atoms with Gasteiger partial charge in [0.15, 0.2) is 0 Å². The van der Waals surface area contributed by atoms with Gasteiger partial charge < -0.3 is 9.88 Å². The fraction of sp³-hybridized carbons (Fsp3) is 0.375. The summed E-state index contributed by atoms with van der Waals surface area (Å²) in [5, 5.41) is 3.55. The Morgan fingerprint density at radius 2 is 1.95 bits per heavy atom. The molecule has 1 aliphatic heterocycles. The molecule has 1 aliphatic rings. The van der Waals surface area contributed by atoms with Crippen LogP contribution in [0.5, 0.6) is 0 Å². The highest BCUT2D eigenvalue weighted by Crippen LogP contribution is 2.30. The second-order valence-corrected chi connectivity index (χ2v) is 5.82. The molecule has 1 N–H and O–H groups in total. The van der Waals surface area contributed by atoms with Gasteiger partial charge in [-0.05, 0) is 24.5 Å². The average Bonchev–Trinajstić information content (AvgIpc) is 2.72. The molecule has 4 heteroatoms. The van der Waals surface area contributed by atoms with Crippen LogP contribution in [0.3, 0.4) is 0 Å². The second-order valence-electron chi connectivity index (χ2n) is 5.82. The molecule has 0 saturated heterocycles. The van der Waals surface area contributed by atoms with Gasteiger partial charge in [0, 0.05) is 12.4 Å². The summed E-state index contributed by atoms with van der Waals surface area (Å²) in [6.07, 6.45) is 0.838. The molecule has 20 heavy (non-hydrogen) atoms. The highest BCUT2D eigenvalue weighted by Gasteiger charge is 2.34. The van der Waals surface area contributed by atoms with Crippen molar-refractivity contribution in [1.82, 2.24) is 9.88 Å². The summed E-state index contributed by atoms with van der Waals surface area (Å²) in [7, 11) is 1.92. The van der Waals surface area contributed by atoms with Crippen LogP contribution in [0.15, 0.2) is 29.1 Å². The number of fused-ring (bicyclic) bond motifs is 2. The maximum Gasteiger partial charge on any atom is 0.257 e. The Labute approximate surface area is 117 Å². The van der Waals surface area contributed by atoms with E-state index in [1.54, 1.807) is 6.07 Å². The van der Waals surface area contributed by atoms with E-state index in [-0.39, 0.29) is 17.4 Å². The lowest BCUT2D eigenvalue weighted by Gasteiger charge is -2.18. The molecular formula is C16H18N2O2. The first-order valence-electron chi connectivity index (χ1n) is 6.93. The first-order chi connectivity index (χ1) is 9.50. The number of para-hydroxylation sites is 1. The predicted octanol–water partition coefficient (Wildman–Crippen LogP) is 2.37. The van der Waals surface area contributed by atoms with E-state index in [1.165, 1.54) is 0 Å². The fourth-order valence-corrected chi connectivity index (χ4v) is 3.07. The maximum atomic E-state index is 12.5. The van der Waals surface area contributed by atoms with Crippen LogP contribution in [0.25, 0.3) is 10.9 Å². The first-order valence-corrected chi connectivity index (χ1v) is 6.93. The van der Waals surface area contributed by atoms with Gasteiger partial charge in [-0.15, -0.1) is 0 Å². The number of aryl methyl sites for hydroxylation is 1. The van der Waals surface area contributed by atoms with E-state index < -0.39 is 0 Å². The number of pyridine rings is 1. The highest BCUT2D eigenvalue weighted by atomic mass is 16.2. The number of carbonyl (C=O) groups is 1. The number of hydrogen-bond acceptors (Lipinski definition) is 2. The van der Waals surface area contributed by atoms with E-state index in [9.17, 15) is 9.59 Å². The molecule has 1 aromatic heterocycles. The van der Waals surface area contributed by atoms with Crippen molar-refractivity contribution in [2.75, 3.05) is 0 Å². The van der Waals surface area contributed by atoms with E-state index in [1.807, 2.05) is 29.8 Å². The molecule has 1 atom stereocenters. The molecule has 0 unspecified atom stereocenters. The highest BCUT2D eigenvalue weighted by molar-refractivity contribution is 6.01. The predicted molar refractivity (Wildman–Crippen MR) is 78.9 cm³/mol. The summed E-state index contributed by atoms with van der Waals surface area (Å²) in [5.74, 6) is 0.213. The Morgan fingerprint density at radius 3 is 2.65 bits per heavy atom. The van der Waals surface area contributed by atoms with Gasteiger partial charge in [-0.25, -0.2) is 0 Å². The van der Waals surface area contributed by atoms with Gasteiger partial charge in [-0.1, -0.05) is 26.0 Å². The quantitative estimate of drug-likeness (QED) is 0.910. The van der Waals surface area contributed by atoms with Crippen molar-refractivity contribution in [2.24, 2.45) is 13.0 Å². The summed E-state index contributed by atoms with van der Waals surface area (Å²) >= 11 is 0. The van der Waals surface area contributed by atoms with Crippen LogP contribution in [0.4, 0.5) is 0 Å². The molecule has 104 valence electrons. The van der Waals surface area contributed by atoms with Crippen LogP contribution in [0.1, 0.15) is 42.4 Å². The van der Waals surface area contributed by atoms with Gasteiger partial charge in [-0.2, -0.15) is 0 Å². The van der Waals surface area contributed by atoms with E-state index in [0.717, 1.165) is 17.6 Å². The zero-order chi connectivity index (χ0) is 14.4. The third-order valence-electron chi connectivity index (χ3n) is 3.92. The molecule has 0 bridgehead atoms. The molecule has 0 spiro atoms. The van der Waals surface area contributed by atoms with Crippen LogP contribution in [0.2, 0.25) is 0 Å². The average molecular weight is 270 g/mol. The number of nitrogens with zero attached hydrogens (tertiary/aromatic N) is 1. The van der Waals surface area contributed by atoms with Gasteiger partial charge in [0.2, 0.25) is 5.43 Å². The topological polar surface area (TPSA) is 51.1 Å². The molecule has 1 amide bonds. The molecule has 0 aliphatic carbocycles. The number of aromatic nitrogens is 1. The van der Waals surface area contributed by atoms with E-state index in [4.69, 9.17) is 0 Å². The van der Waals surface area contributed by atoms with Crippen molar-refractivity contribution in [1.29, 1.82) is 0 Å². The van der Waals surface area contributed by atoms with Gasteiger partial charge >= 0.3 is 0 Å². The van der Waals surface area contributed by atoms with Crippen LogP contribution in [-0.4, -0.2) is 10.5 Å². The smallest absolute Gasteiger partial charge is 0.257 e. The largest absolute Gasteiger partial charge is 0.345 e. The van der Waals surface area contributed by atoms with Crippen LogP contribution < -0.4 is 10.7 Å². The molecule has 4 nitrogen and oxygen atoms in total. The Bertz CT molecular complexity index is 759. The first kappa shape index (κ1) is 12.9. The fourth-order valence-electron chi connectivity index (χ4n) is 3.07. The SMILES string of the molecule is CC(C)C[C@@H]1NC(=O)c2c1n(C)c1ccccc1c2=O. The van der Waals surface area contributed by atoms with E-state index in [0.29, 0.717) is 16.9 Å². The molecule has 2 aromatic rings. The number of amides is 1. The maximum absolute atomic E-state index is 12.5. The lowest BCUT2D eigenvalue weighted by atomic mass is 9.99. The second kappa shape index (κ2) is 4.47. The minimum atomic E-state index is -0.239. The van der Waals surface area contributed by atoms with Crippen molar-refractivity contribution < 1.29 is 4.79 Å². The molecule has 0 fully saturated rings. The van der Waals surface area contributed by atoms with Gasteiger partial charge in [0.05, 0.1) is 17.3 Å². The third-order valence-corrected chi connectivity index (χ3v) is 3.92. The number of carbonyl (C=O) groups excluding carboxylic acids is 1. The zero-order valence-electron chi connectivity index (χ0n) is 11.9. The number of rotatable bonds is 2. The summed E-state index contributed by atoms with van der Waals surface area (Å²) in [6, 6.07) is 7.37. The zero-order valence-corrected chi connectivity index (χ0v) is 11.9. The number of benzene rings is 1. The van der Waals surface area contributed by atoms with Crippen molar-refractivity contribution in [3.63, 3.8) is 0 Å². The molecular weight excluding hydrogens is 252 g/mol. The van der Waals surface area contributed by atoms with Crippen molar-refractivity contribution >= 4 is 16.8 Å². The van der Waals surface area contributed by atoms with Crippen LogP contribution in [-0.2, 0) is 7.05 Å². The summed E-state index contributed by atoms with van der Waals surface area (Å²) < 4.78 is 1.98. The molecule has 3 rings (SSSR count). The summed E-state index contributed by atoms with van der Waals surface area (Å²) in [6.45, 7) is 4.23. The Kier molecular flexibility index (Phi) is 2.89. The Balaban J connectivity index is 2.34. The van der Waals surface area contributed by atoms with Gasteiger partial charge in [0.25, 0.3) is 5.91 Å². The van der Waals surface area contributed by atoms with Crippen molar-refractivity contribution in [2.45, 2.75) is 26.3 Å². The minimum absolute atomic E-state index is 0.0696. The van der Waals surface area contributed by atoms with Crippen LogP contribution in [0, 0.1) is 5.92 Å². The Hall–Kier alpha value is -2.10. The standard InChI is InChI=1S/C16H18N2O2/c1-9(2)8-11-14-13(16(20)17-11)15(19)10-6-4-5-7-12(10)18(14)3/h4-7,9,11H,8H2,1-3H3,(H,17,20)/t11-/m0/s1. The molecule has 0 saturated carbocycles. The molecule has 1 aromatic carbocycles. The molecule has 0 radical (unpaired) electrons. The molecule has 2 heterocycles. The normalized spacial score (nSPS) is 17.6. The van der Waals surface area contributed by atoms with Crippen LogP contribution >= 0.6 is 0 Å². The lowest BCUT2D eigenvalue weighted by Crippen LogP contribution is -2.22. The van der Waals surface area contributed by atoms with E-state index >= 15 is 0 Å². The van der Waals surface area contributed by atoms with E-state index in [2.05, 4.69) is 19.2 Å².